The van der Waals surface area contributed by atoms with E-state index in [4.69, 9.17) is 16.9 Å². The van der Waals surface area contributed by atoms with Gasteiger partial charge in [0.1, 0.15) is 0 Å². The van der Waals surface area contributed by atoms with Gasteiger partial charge in [-0.05, 0) is 12.0 Å². The van der Waals surface area contributed by atoms with Crippen LogP contribution in [-0.4, -0.2) is 5.88 Å². The SMILES string of the molecule is N#CC(CCl)Cc1ccccc1. The molecule has 0 saturated carbocycles. The summed E-state index contributed by atoms with van der Waals surface area (Å²) in [5, 5.41) is 8.65. The van der Waals surface area contributed by atoms with E-state index in [9.17, 15) is 0 Å². The number of hydrogen-bond acceptors (Lipinski definition) is 1. The first-order chi connectivity index (χ1) is 5.86. The maximum absolute atomic E-state index is 8.65. The molecule has 0 aliphatic carbocycles. The van der Waals surface area contributed by atoms with Gasteiger partial charge in [-0.2, -0.15) is 5.26 Å². The lowest BCUT2D eigenvalue weighted by molar-refractivity contribution is 0.746. The van der Waals surface area contributed by atoms with Gasteiger partial charge in [-0.1, -0.05) is 30.3 Å². The molecule has 0 N–H and O–H groups in total. The molecule has 62 valence electrons. The van der Waals surface area contributed by atoms with E-state index in [2.05, 4.69) is 6.07 Å². The monoisotopic (exact) mass is 179 g/mol. The predicted molar refractivity (Wildman–Crippen MR) is 50.0 cm³/mol. The zero-order chi connectivity index (χ0) is 8.81. The highest BCUT2D eigenvalue weighted by atomic mass is 35.5. The molecular formula is C10H10ClN. The first kappa shape index (κ1) is 9.09. The van der Waals surface area contributed by atoms with Crippen LogP contribution >= 0.6 is 11.6 Å². The second kappa shape index (κ2) is 4.79. The topological polar surface area (TPSA) is 23.8 Å². The lowest BCUT2D eigenvalue weighted by Gasteiger charge is -2.03. The normalized spacial score (nSPS) is 12.0. The Morgan fingerprint density at radius 2 is 2.00 bits per heavy atom. The van der Waals surface area contributed by atoms with Gasteiger partial charge in [-0.3, -0.25) is 0 Å². The maximum atomic E-state index is 8.65. The molecule has 0 bridgehead atoms. The molecule has 0 saturated heterocycles. The molecular weight excluding hydrogens is 170 g/mol. The molecule has 0 fully saturated rings. The second-order valence-electron chi connectivity index (χ2n) is 2.67. The van der Waals surface area contributed by atoms with E-state index in [0.717, 1.165) is 6.42 Å². The third kappa shape index (κ3) is 2.56. The third-order valence-corrected chi connectivity index (χ3v) is 2.07. The minimum Gasteiger partial charge on any atom is -0.198 e. The molecule has 1 rings (SSSR count). The van der Waals surface area contributed by atoms with E-state index in [1.54, 1.807) is 0 Å². The molecule has 0 radical (unpaired) electrons. The van der Waals surface area contributed by atoms with Crippen molar-refractivity contribution >= 4 is 11.6 Å². The van der Waals surface area contributed by atoms with Gasteiger partial charge in [0, 0.05) is 5.88 Å². The van der Waals surface area contributed by atoms with Crippen LogP contribution in [0.3, 0.4) is 0 Å². The summed E-state index contributed by atoms with van der Waals surface area (Å²) < 4.78 is 0. The summed E-state index contributed by atoms with van der Waals surface area (Å²) in [5.74, 6) is 0.347. The lowest BCUT2D eigenvalue weighted by atomic mass is 10.0. The van der Waals surface area contributed by atoms with Crippen molar-refractivity contribution in [2.75, 3.05) is 5.88 Å². The van der Waals surface area contributed by atoms with E-state index < -0.39 is 0 Å². The van der Waals surface area contributed by atoms with Crippen molar-refractivity contribution in [1.29, 1.82) is 5.26 Å². The molecule has 0 aliphatic rings. The number of nitriles is 1. The number of rotatable bonds is 3. The number of halogens is 1. The minimum absolute atomic E-state index is 0.0610. The second-order valence-corrected chi connectivity index (χ2v) is 2.98. The standard InChI is InChI=1S/C10H10ClN/c11-7-10(8-12)6-9-4-2-1-3-5-9/h1-5,10H,6-7H2. The molecule has 2 heteroatoms. The largest absolute Gasteiger partial charge is 0.198 e. The van der Waals surface area contributed by atoms with Crippen LogP contribution in [0.4, 0.5) is 0 Å². The van der Waals surface area contributed by atoms with Gasteiger partial charge in [0.25, 0.3) is 0 Å². The lowest BCUT2D eigenvalue weighted by Crippen LogP contribution is -2.02. The van der Waals surface area contributed by atoms with Crippen LogP contribution in [0.15, 0.2) is 30.3 Å². The van der Waals surface area contributed by atoms with Crippen molar-refractivity contribution in [2.24, 2.45) is 5.92 Å². The number of alkyl halides is 1. The van der Waals surface area contributed by atoms with Gasteiger partial charge in [0.05, 0.1) is 12.0 Å². The Labute approximate surface area is 77.6 Å². The zero-order valence-electron chi connectivity index (χ0n) is 6.70. The Hall–Kier alpha value is -1.00. The first-order valence-electron chi connectivity index (χ1n) is 3.86. The number of benzene rings is 1. The van der Waals surface area contributed by atoms with Crippen molar-refractivity contribution in [3.63, 3.8) is 0 Å². The summed E-state index contributed by atoms with van der Waals surface area (Å²) in [6.07, 6.45) is 0.751. The summed E-state index contributed by atoms with van der Waals surface area (Å²) in [5.41, 5.74) is 1.17. The van der Waals surface area contributed by atoms with Crippen molar-refractivity contribution < 1.29 is 0 Å². The fraction of sp³-hybridized carbons (Fsp3) is 0.300. The molecule has 0 spiro atoms. The molecule has 1 atom stereocenters. The highest BCUT2D eigenvalue weighted by Crippen LogP contribution is 2.08. The summed E-state index contributed by atoms with van der Waals surface area (Å²) in [6, 6.07) is 12.1. The average Bonchev–Trinajstić information content (AvgIpc) is 2.16. The van der Waals surface area contributed by atoms with Crippen LogP contribution in [-0.2, 0) is 6.42 Å². The quantitative estimate of drug-likeness (QED) is 0.655. The first-order valence-corrected chi connectivity index (χ1v) is 4.39. The van der Waals surface area contributed by atoms with Gasteiger partial charge >= 0.3 is 0 Å². The summed E-state index contributed by atoms with van der Waals surface area (Å²) in [6.45, 7) is 0. The van der Waals surface area contributed by atoms with E-state index in [1.807, 2.05) is 30.3 Å². The van der Waals surface area contributed by atoms with E-state index in [-0.39, 0.29) is 5.92 Å². The van der Waals surface area contributed by atoms with E-state index in [0.29, 0.717) is 5.88 Å². The van der Waals surface area contributed by atoms with Gasteiger partial charge < -0.3 is 0 Å². The Bertz CT molecular complexity index is 263. The number of hydrogen-bond donors (Lipinski definition) is 0. The predicted octanol–water partition coefficient (Wildman–Crippen LogP) is 2.61. The van der Waals surface area contributed by atoms with Gasteiger partial charge in [-0.25, -0.2) is 0 Å². The van der Waals surface area contributed by atoms with Crippen LogP contribution in [0.5, 0.6) is 0 Å². The Kier molecular flexibility index (Phi) is 3.63. The van der Waals surface area contributed by atoms with Gasteiger partial charge in [0.15, 0.2) is 0 Å². The number of nitrogens with zero attached hydrogens (tertiary/aromatic N) is 1. The minimum atomic E-state index is -0.0610. The molecule has 0 aromatic heterocycles. The Balaban J connectivity index is 2.58. The summed E-state index contributed by atoms with van der Waals surface area (Å²) in [4.78, 5) is 0. The summed E-state index contributed by atoms with van der Waals surface area (Å²) >= 11 is 5.60. The summed E-state index contributed by atoms with van der Waals surface area (Å²) in [7, 11) is 0. The van der Waals surface area contributed by atoms with Crippen molar-refractivity contribution in [3.05, 3.63) is 35.9 Å². The van der Waals surface area contributed by atoms with Crippen LogP contribution in [0, 0.1) is 17.2 Å². The Morgan fingerprint density at radius 1 is 1.33 bits per heavy atom. The van der Waals surface area contributed by atoms with Crippen LogP contribution < -0.4 is 0 Å². The zero-order valence-corrected chi connectivity index (χ0v) is 7.46. The Morgan fingerprint density at radius 3 is 2.50 bits per heavy atom. The van der Waals surface area contributed by atoms with E-state index in [1.165, 1.54) is 5.56 Å². The molecule has 0 amide bonds. The molecule has 0 heterocycles. The molecule has 1 aromatic carbocycles. The smallest absolute Gasteiger partial charge is 0.0671 e. The van der Waals surface area contributed by atoms with Crippen molar-refractivity contribution in [3.8, 4) is 6.07 Å². The molecule has 1 unspecified atom stereocenters. The van der Waals surface area contributed by atoms with Gasteiger partial charge in [-0.15, -0.1) is 11.6 Å². The highest BCUT2D eigenvalue weighted by Gasteiger charge is 2.05. The van der Waals surface area contributed by atoms with Gasteiger partial charge in [0.2, 0.25) is 0 Å². The van der Waals surface area contributed by atoms with Crippen LogP contribution in [0.2, 0.25) is 0 Å². The van der Waals surface area contributed by atoms with Crippen LogP contribution in [0.1, 0.15) is 5.56 Å². The fourth-order valence-electron chi connectivity index (χ4n) is 1.03. The van der Waals surface area contributed by atoms with E-state index >= 15 is 0 Å². The van der Waals surface area contributed by atoms with Crippen LogP contribution in [0.25, 0.3) is 0 Å². The molecule has 0 aliphatic heterocycles. The molecule has 12 heavy (non-hydrogen) atoms. The third-order valence-electron chi connectivity index (χ3n) is 1.69. The van der Waals surface area contributed by atoms with Crippen molar-refractivity contribution in [1.82, 2.24) is 0 Å². The molecule has 1 nitrogen and oxygen atoms in total. The highest BCUT2D eigenvalue weighted by molar-refractivity contribution is 6.18. The molecule has 1 aromatic rings. The maximum Gasteiger partial charge on any atom is 0.0671 e. The average molecular weight is 180 g/mol. The fourth-order valence-corrected chi connectivity index (χ4v) is 1.21. The van der Waals surface area contributed by atoms with Crippen molar-refractivity contribution in [2.45, 2.75) is 6.42 Å².